The lowest BCUT2D eigenvalue weighted by molar-refractivity contribution is -0.128. The van der Waals surface area contributed by atoms with E-state index in [0.717, 1.165) is 38.5 Å². The highest BCUT2D eigenvalue weighted by Crippen LogP contribution is 2.28. The van der Waals surface area contributed by atoms with Crippen LogP contribution >= 0.6 is 0 Å². The summed E-state index contributed by atoms with van der Waals surface area (Å²) in [7, 11) is 0. The van der Waals surface area contributed by atoms with E-state index in [9.17, 15) is 4.79 Å². The van der Waals surface area contributed by atoms with Crippen molar-refractivity contribution < 1.29 is 9.53 Å². The van der Waals surface area contributed by atoms with Crippen LogP contribution in [0.1, 0.15) is 44.9 Å². The van der Waals surface area contributed by atoms with Crippen molar-refractivity contribution in [1.82, 2.24) is 15.3 Å². The normalized spacial score (nSPS) is 26.6. The highest BCUT2D eigenvalue weighted by atomic mass is 16.5. The average molecular weight is 275 g/mol. The van der Waals surface area contributed by atoms with Crippen molar-refractivity contribution in [3.63, 3.8) is 0 Å². The Morgan fingerprint density at radius 2 is 1.80 bits per heavy atom. The zero-order valence-electron chi connectivity index (χ0n) is 11.6. The number of ether oxygens (including phenoxy) is 1. The van der Waals surface area contributed by atoms with Gasteiger partial charge in [0.25, 0.3) is 0 Å². The van der Waals surface area contributed by atoms with E-state index < -0.39 is 0 Å². The lowest BCUT2D eigenvalue weighted by atomic mass is 9.84. The second kappa shape index (κ2) is 6.20. The molecule has 5 heteroatoms. The van der Waals surface area contributed by atoms with Crippen LogP contribution in [0.15, 0.2) is 18.5 Å². The maximum Gasteiger partial charge on any atom is 0.316 e. The summed E-state index contributed by atoms with van der Waals surface area (Å²) in [5.41, 5.74) is 0. The lowest BCUT2D eigenvalue weighted by Gasteiger charge is -2.31. The molecule has 0 spiro atoms. The van der Waals surface area contributed by atoms with E-state index >= 15 is 0 Å². The minimum absolute atomic E-state index is 0.175. The van der Waals surface area contributed by atoms with E-state index in [4.69, 9.17) is 4.74 Å². The van der Waals surface area contributed by atoms with Gasteiger partial charge in [-0.15, -0.1) is 0 Å². The van der Waals surface area contributed by atoms with Gasteiger partial charge in [-0.05, 0) is 44.6 Å². The van der Waals surface area contributed by atoms with Gasteiger partial charge in [-0.3, -0.25) is 4.79 Å². The average Bonchev–Trinajstić information content (AvgIpc) is 2.40. The summed E-state index contributed by atoms with van der Waals surface area (Å²) in [6.45, 7) is 0. The second-order valence-electron chi connectivity index (χ2n) is 5.76. The Bertz CT molecular complexity index is 440. The van der Waals surface area contributed by atoms with Gasteiger partial charge in [0.15, 0.2) is 0 Å². The molecule has 1 aromatic rings. The van der Waals surface area contributed by atoms with Crippen molar-refractivity contribution >= 4 is 5.91 Å². The highest BCUT2D eigenvalue weighted by molar-refractivity contribution is 5.79. The van der Waals surface area contributed by atoms with Crippen molar-refractivity contribution in [2.45, 2.75) is 57.1 Å². The Hall–Kier alpha value is -1.65. The fourth-order valence-electron chi connectivity index (χ4n) is 2.81. The first-order chi connectivity index (χ1) is 9.81. The summed E-state index contributed by atoms with van der Waals surface area (Å²) in [5.74, 6) is 0.536. The standard InChI is InChI=1S/C15H21N3O2/c19-14(11-3-1-4-11)18-12-5-7-13(8-6-12)20-15-16-9-2-10-17-15/h2,9-13H,1,3-8H2,(H,18,19). The van der Waals surface area contributed by atoms with Gasteiger partial charge < -0.3 is 10.1 Å². The van der Waals surface area contributed by atoms with Crippen molar-refractivity contribution in [2.75, 3.05) is 0 Å². The molecule has 0 bridgehead atoms. The van der Waals surface area contributed by atoms with Gasteiger partial charge in [-0.25, -0.2) is 9.97 Å². The Balaban J connectivity index is 1.41. The Morgan fingerprint density at radius 3 is 2.40 bits per heavy atom. The van der Waals surface area contributed by atoms with Crippen LogP contribution in [0.5, 0.6) is 6.01 Å². The Labute approximate surface area is 119 Å². The number of hydrogen-bond acceptors (Lipinski definition) is 4. The van der Waals surface area contributed by atoms with Gasteiger partial charge in [0.2, 0.25) is 5.91 Å². The van der Waals surface area contributed by atoms with Crippen LogP contribution < -0.4 is 10.1 Å². The van der Waals surface area contributed by atoms with Gasteiger partial charge in [0, 0.05) is 24.4 Å². The zero-order valence-corrected chi connectivity index (χ0v) is 11.6. The SMILES string of the molecule is O=C(NC1CCC(Oc2ncccn2)CC1)C1CCC1. The van der Waals surface area contributed by atoms with Crippen LogP contribution in [0.4, 0.5) is 0 Å². The first-order valence-corrected chi connectivity index (χ1v) is 7.55. The number of carbonyl (C=O) groups is 1. The highest BCUT2D eigenvalue weighted by Gasteiger charge is 2.29. The molecule has 0 unspecified atom stereocenters. The lowest BCUT2D eigenvalue weighted by Crippen LogP contribution is -2.43. The van der Waals surface area contributed by atoms with Gasteiger partial charge >= 0.3 is 6.01 Å². The molecule has 2 aliphatic carbocycles. The van der Waals surface area contributed by atoms with Crippen LogP contribution in [0.25, 0.3) is 0 Å². The summed E-state index contributed by atoms with van der Waals surface area (Å²) >= 11 is 0. The molecule has 1 N–H and O–H groups in total. The molecule has 0 saturated heterocycles. The third-order valence-corrected chi connectivity index (χ3v) is 4.31. The van der Waals surface area contributed by atoms with E-state index in [1.807, 2.05) is 0 Å². The van der Waals surface area contributed by atoms with E-state index in [1.165, 1.54) is 6.42 Å². The predicted molar refractivity (Wildman–Crippen MR) is 74.2 cm³/mol. The van der Waals surface area contributed by atoms with E-state index in [1.54, 1.807) is 18.5 Å². The molecule has 2 saturated carbocycles. The first kappa shape index (κ1) is 13.3. The van der Waals surface area contributed by atoms with Gasteiger partial charge in [-0.2, -0.15) is 0 Å². The van der Waals surface area contributed by atoms with E-state index in [2.05, 4.69) is 15.3 Å². The molecule has 1 aromatic heterocycles. The predicted octanol–water partition coefficient (Wildman–Crippen LogP) is 2.08. The third kappa shape index (κ3) is 3.26. The summed E-state index contributed by atoms with van der Waals surface area (Å²) in [6, 6.07) is 2.55. The number of rotatable bonds is 4. The first-order valence-electron chi connectivity index (χ1n) is 7.55. The maximum atomic E-state index is 11.9. The van der Waals surface area contributed by atoms with Crippen LogP contribution in [-0.4, -0.2) is 28.0 Å². The zero-order chi connectivity index (χ0) is 13.8. The van der Waals surface area contributed by atoms with Crippen molar-refractivity contribution in [3.8, 4) is 6.01 Å². The molecular weight excluding hydrogens is 254 g/mol. The molecule has 0 atom stereocenters. The fourth-order valence-corrected chi connectivity index (χ4v) is 2.81. The van der Waals surface area contributed by atoms with E-state index in [0.29, 0.717) is 12.1 Å². The van der Waals surface area contributed by atoms with Crippen LogP contribution in [0.2, 0.25) is 0 Å². The number of amides is 1. The fraction of sp³-hybridized carbons (Fsp3) is 0.667. The summed E-state index contributed by atoms with van der Waals surface area (Å²) in [6.07, 6.45) is 10.8. The molecule has 108 valence electrons. The number of aromatic nitrogens is 2. The molecule has 2 aliphatic rings. The summed E-state index contributed by atoms with van der Waals surface area (Å²) in [5, 5.41) is 3.18. The van der Waals surface area contributed by atoms with Gasteiger partial charge in [0.05, 0.1) is 0 Å². The quantitative estimate of drug-likeness (QED) is 0.913. The smallest absolute Gasteiger partial charge is 0.316 e. The number of carbonyl (C=O) groups excluding carboxylic acids is 1. The monoisotopic (exact) mass is 275 g/mol. The molecule has 3 rings (SSSR count). The molecular formula is C15H21N3O2. The van der Waals surface area contributed by atoms with Crippen LogP contribution in [0.3, 0.4) is 0 Å². The molecule has 20 heavy (non-hydrogen) atoms. The van der Waals surface area contributed by atoms with Crippen molar-refractivity contribution in [3.05, 3.63) is 18.5 Å². The molecule has 2 fully saturated rings. The minimum Gasteiger partial charge on any atom is -0.460 e. The van der Waals surface area contributed by atoms with Crippen LogP contribution in [-0.2, 0) is 4.79 Å². The molecule has 0 aromatic carbocycles. The Kier molecular flexibility index (Phi) is 4.14. The maximum absolute atomic E-state index is 11.9. The minimum atomic E-state index is 0.175. The third-order valence-electron chi connectivity index (χ3n) is 4.31. The summed E-state index contributed by atoms with van der Waals surface area (Å²) < 4.78 is 5.75. The second-order valence-corrected chi connectivity index (χ2v) is 5.76. The molecule has 1 heterocycles. The topological polar surface area (TPSA) is 64.1 Å². The molecule has 0 radical (unpaired) electrons. The number of nitrogens with zero attached hydrogens (tertiary/aromatic N) is 2. The summed E-state index contributed by atoms with van der Waals surface area (Å²) in [4.78, 5) is 20.1. The molecule has 0 aliphatic heterocycles. The van der Waals surface area contributed by atoms with Gasteiger partial charge in [0.1, 0.15) is 6.10 Å². The van der Waals surface area contributed by atoms with E-state index in [-0.39, 0.29) is 17.9 Å². The molecule has 5 nitrogen and oxygen atoms in total. The van der Waals surface area contributed by atoms with Crippen LogP contribution in [0, 0.1) is 5.92 Å². The Morgan fingerprint density at radius 1 is 1.10 bits per heavy atom. The number of hydrogen-bond donors (Lipinski definition) is 1. The van der Waals surface area contributed by atoms with Crippen molar-refractivity contribution in [2.24, 2.45) is 5.92 Å². The largest absolute Gasteiger partial charge is 0.460 e. The van der Waals surface area contributed by atoms with Gasteiger partial charge in [-0.1, -0.05) is 6.42 Å². The molecule has 1 amide bonds. The van der Waals surface area contributed by atoms with Crippen molar-refractivity contribution in [1.29, 1.82) is 0 Å². The number of nitrogens with one attached hydrogen (secondary N) is 1.